The van der Waals surface area contributed by atoms with Crippen LogP contribution in [-0.4, -0.2) is 49.1 Å². The van der Waals surface area contributed by atoms with Gasteiger partial charge in [0.25, 0.3) is 0 Å². The van der Waals surface area contributed by atoms with Crippen molar-refractivity contribution in [1.82, 2.24) is 15.5 Å². The Morgan fingerprint density at radius 1 is 1.20 bits per heavy atom. The van der Waals surface area contributed by atoms with Crippen molar-refractivity contribution in [3.05, 3.63) is 0 Å². The fraction of sp³-hybridized carbons (Fsp3) is 0.938. The van der Waals surface area contributed by atoms with Crippen molar-refractivity contribution in [2.75, 3.05) is 26.2 Å². The molecule has 2 aliphatic heterocycles. The highest BCUT2D eigenvalue weighted by Gasteiger charge is 2.22. The van der Waals surface area contributed by atoms with Crippen LogP contribution in [0.4, 0.5) is 0 Å². The lowest BCUT2D eigenvalue weighted by molar-refractivity contribution is -0.122. The second kappa shape index (κ2) is 7.99. The zero-order valence-corrected chi connectivity index (χ0v) is 13.2. The monoisotopic (exact) mass is 281 g/mol. The molecule has 0 aliphatic carbocycles. The molecule has 0 radical (unpaired) electrons. The van der Waals surface area contributed by atoms with Gasteiger partial charge in [0, 0.05) is 31.6 Å². The molecule has 4 nitrogen and oxygen atoms in total. The lowest BCUT2D eigenvalue weighted by Gasteiger charge is -2.35. The largest absolute Gasteiger partial charge is 0.353 e. The first-order valence-electron chi connectivity index (χ1n) is 8.39. The highest BCUT2D eigenvalue weighted by molar-refractivity contribution is 5.76. The third kappa shape index (κ3) is 5.06. The van der Waals surface area contributed by atoms with Gasteiger partial charge in [-0.3, -0.25) is 4.79 Å². The molecule has 4 heteroatoms. The van der Waals surface area contributed by atoms with E-state index in [1.807, 2.05) is 0 Å². The molecular weight excluding hydrogens is 250 g/mol. The van der Waals surface area contributed by atoms with Gasteiger partial charge in [-0.25, -0.2) is 0 Å². The van der Waals surface area contributed by atoms with Gasteiger partial charge in [0.1, 0.15) is 0 Å². The Labute approximate surface area is 123 Å². The van der Waals surface area contributed by atoms with Gasteiger partial charge in [0.2, 0.25) is 5.91 Å². The highest BCUT2D eigenvalue weighted by atomic mass is 16.1. The second-order valence-electron chi connectivity index (χ2n) is 6.70. The Balaban J connectivity index is 1.60. The van der Waals surface area contributed by atoms with Crippen LogP contribution in [0.1, 0.15) is 52.4 Å². The molecule has 0 bridgehead atoms. The summed E-state index contributed by atoms with van der Waals surface area (Å²) in [5.41, 5.74) is 0. The zero-order valence-electron chi connectivity index (χ0n) is 13.2. The maximum atomic E-state index is 12.0. The lowest BCUT2D eigenvalue weighted by Crippen LogP contribution is -2.46. The number of carbonyl (C=O) groups is 1. The summed E-state index contributed by atoms with van der Waals surface area (Å²) in [6.07, 6.45) is 6.47. The van der Waals surface area contributed by atoms with Crippen LogP contribution in [0.15, 0.2) is 0 Å². The highest BCUT2D eigenvalue weighted by Crippen LogP contribution is 2.18. The van der Waals surface area contributed by atoms with E-state index in [4.69, 9.17) is 0 Å². The quantitative estimate of drug-likeness (QED) is 0.807. The van der Waals surface area contributed by atoms with E-state index < -0.39 is 0 Å². The number of piperidine rings is 2. The van der Waals surface area contributed by atoms with E-state index in [1.54, 1.807) is 0 Å². The molecule has 20 heavy (non-hydrogen) atoms. The first-order chi connectivity index (χ1) is 9.65. The molecule has 0 aromatic heterocycles. The number of hydrogen-bond donors (Lipinski definition) is 2. The van der Waals surface area contributed by atoms with Crippen LogP contribution in [0.25, 0.3) is 0 Å². The summed E-state index contributed by atoms with van der Waals surface area (Å²) < 4.78 is 0. The Kier molecular flexibility index (Phi) is 6.30. The molecule has 0 unspecified atom stereocenters. The maximum Gasteiger partial charge on any atom is 0.220 e. The van der Waals surface area contributed by atoms with Crippen LogP contribution >= 0.6 is 0 Å². The normalized spacial score (nSPS) is 23.1. The molecule has 0 aromatic carbocycles. The molecule has 0 spiro atoms. The molecular formula is C16H31N3O. The van der Waals surface area contributed by atoms with E-state index in [1.165, 1.54) is 12.8 Å². The van der Waals surface area contributed by atoms with Crippen LogP contribution in [0, 0.1) is 5.92 Å². The van der Waals surface area contributed by atoms with Crippen LogP contribution in [0.3, 0.4) is 0 Å². The van der Waals surface area contributed by atoms with Gasteiger partial charge >= 0.3 is 0 Å². The van der Waals surface area contributed by atoms with Crippen LogP contribution in [0.2, 0.25) is 0 Å². The van der Waals surface area contributed by atoms with Crippen molar-refractivity contribution in [2.24, 2.45) is 5.92 Å². The van der Waals surface area contributed by atoms with Gasteiger partial charge in [0.15, 0.2) is 0 Å². The molecule has 1 amide bonds. The van der Waals surface area contributed by atoms with E-state index in [2.05, 4.69) is 29.4 Å². The van der Waals surface area contributed by atoms with E-state index in [-0.39, 0.29) is 5.91 Å². The molecule has 2 aliphatic rings. The van der Waals surface area contributed by atoms with Gasteiger partial charge in [-0.1, -0.05) is 0 Å². The fourth-order valence-corrected chi connectivity index (χ4v) is 3.37. The summed E-state index contributed by atoms with van der Waals surface area (Å²) in [5, 5.41) is 6.61. The van der Waals surface area contributed by atoms with Crippen molar-refractivity contribution in [3.8, 4) is 0 Å². The van der Waals surface area contributed by atoms with E-state index in [9.17, 15) is 4.79 Å². The smallest absolute Gasteiger partial charge is 0.220 e. The van der Waals surface area contributed by atoms with Gasteiger partial charge in [0.05, 0.1) is 0 Å². The van der Waals surface area contributed by atoms with Crippen molar-refractivity contribution in [2.45, 2.75) is 64.5 Å². The lowest BCUT2D eigenvalue weighted by atomic mass is 9.93. The van der Waals surface area contributed by atoms with E-state index >= 15 is 0 Å². The van der Waals surface area contributed by atoms with Crippen molar-refractivity contribution >= 4 is 5.91 Å². The Morgan fingerprint density at radius 3 is 2.45 bits per heavy atom. The van der Waals surface area contributed by atoms with E-state index in [0.29, 0.717) is 12.1 Å². The van der Waals surface area contributed by atoms with Crippen molar-refractivity contribution < 1.29 is 4.79 Å². The summed E-state index contributed by atoms with van der Waals surface area (Å²) in [5.74, 6) is 1.02. The second-order valence-corrected chi connectivity index (χ2v) is 6.70. The minimum atomic E-state index is 0.270. The minimum absolute atomic E-state index is 0.270. The van der Waals surface area contributed by atoms with Crippen LogP contribution < -0.4 is 10.6 Å². The number of hydrogen-bond acceptors (Lipinski definition) is 3. The maximum absolute atomic E-state index is 12.0. The Morgan fingerprint density at radius 2 is 1.85 bits per heavy atom. The van der Waals surface area contributed by atoms with Gasteiger partial charge in [-0.2, -0.15) is 0 Å². The number of carbonyl (C=O) groups excluding carboxylic acids is 1. The summed E-state index contributed by atoms with van der Waals surface area (Å²) in [7, 11) is 0. The molecule has 2 rings (SSSR count). The number of nitrogens with zero attached hydrogens (tertiary/aromatic N) is 1. The molecule has 2 saturated heterocycles. The van der Waals surface area contributed by atoms with Crippen LogP contribution in [0.5, 0.6) is 0 Å². The number of nitrogens with one attached hydrogen (secondary N) is 2. The molecule has 2 fully saturated rings. The Bertz CT molecular complexity index is 292. The average molecular weight is 281 g/mol. The van der Waals surface area contributed by atoms with Crippen molar-refractivity contribution in [1.29, 1.82) is 0 Å². The summed E-state index contributed by atoms with van der Waals surface area (Å²) in [6.45, 7) is 8.99. The summed E-state index contributed by atoms with van der Waals surface area (Å²) in [4.78, 5) is 14.5. The predicted molar refractivity (Wildman–Crippen MR) is 82.7 cm³/mol. The number of likely N-dealkylation sites (tertiary alicyclic amines) is 1. The third-order valence-corrected chi connectivity index (χ3v) is 4.86. The average Bonchev–Trinajstić information content (AvgIpc) is 2.47. The molecule has 2 N–H and O–H groups in total. The molecule has 0 aromatic rings. The summed E-state index contributed by atoms with van der Waals surface area (Å²) in [6, 6.07) is 1.04. The number of rotatable bonds is 5. The molecule has 2 heterocycles. The summed E-state index contributed by atoms with van der Waals surface area (Å²) >= 11 is 0. The Hall–Kier alpha value is -0.610. The minimum Gasteiger partial charge on any atom is -0.353 e. The number of amides is 1. The standard InChI is InChI=1S/C16H31N3O/c1-13(2)19-11-7-15(8-12-19)18-16(20)4-3-14-5-9-17-10-6-14/h13-15,17H,3-12H2,1-2H3,(H,18,20). The third-order valence-electron chi connectivity index (χ3n) is 4.86. The zero-order chi connectivity index (χ0) is 14.4. The SMILES string of the molecule is CC(C)N1CCC(NC(=O)CCC2CCNCC2)CC1. The van der Waals surface area contributed by atoms with Crippen molar-refractivity contribution in [3.63, 3.8) is 0 Å². The first kappa shape index (κ1) is 15.8. The molecule has 116 valence electrons. The fourth-order valence-electron chi connectivity index (χ4n) is 3.37. The predicted octanol–water partition coefficient (Wildman–Crippen LogP) is 1.76. The van der Waals surface area contributed by atoms with E-state index in [0.717, 1.165) is 57.8 Å². The molecule has 0 atom stereocenters. The first-order valence-corrected chi connectivity index (χ1v) is 8.39. The van der Waals surface area contributed by atoms with Gasteiger partial charge in [-0.15, -0.1) is 0 Å². The van der Waals surface area contributed by atoms with Crippen LogP contribution in [-0.2, 0) is 4.79 Å². The van der Waals surface area contributed by atoms with Gasteiger partial charge < -0.3 is 15.5 Å². The topological polar surface area (TPSA) is 44.4 Å². The molecule has 0 saturated carbocycles. The van der Waals surface area contributed by atoms with Gasteiger partial charge in [-0.05, 0) is 65.0 Å².